The van der Waals surface area contributed by atoms with Gasteiger partial charge in [-0.2, -0.15) is 0 Å². The molecule has 3 aromatic rings. The quantitative estimate of drug-likeness (QED) is 0.613. The molecule has 0 bridgehead atoms. The van der Waals surface area contributed by atoms with Gasteiger partial charge in [0.2, 0.25) is 0 Å². The minimum absolute atomic E-state index is 0.723. The minimum Gasteiger partial charge on any atom is -0.492 e. The average Bonchev–Trinajstić information content (AvgIpc) is 3.17. The van der Waals surface area contributed by atoms with E-state index in [1.54, 1.807) is 0 Å². The standard InChI is InChI=1S/C26H28N2O/c1-2-6-21(7-3-1)19-27-14-12-22-10-11-25(18-24(22)20-27)29-17-16-28-15-13-23-8-4-5-9-26(23)28/h1-11,18H,12-17,19-20H2. The van der Waals surface area contributed by atoms with Crippen molar-refractivity contribution in [3.05, 3.63) is 95.1 Å². The van der Waals surface area contributed by atoms with E-state index in [4.69, 9.17) is 4.74 Å². The third-order valence-electron chi connectivity index (χ3n) is 6.13. The van der Waals surface area contributed by atoms with Crippen molar-refractivity contribution in [1.82, 2.24) is 4.90 Å². The predicted molar refractivity (Wildman–Crippen MR) is 119 cm³/mol. The van der Waals surface area contributed by atoms with Crippen LogP contribution in [0.2, 0.25) is 0 Å². The molecule has 0 aromatic heterocycles. The monoisotopic (exact) mass is 384 g/mol. The number of anilines is 1. The smallest absolute Gasteiger partial charge is 0.119 e. The summed E-state index contributed by atoms with van der Waals surface area (Å²) >= 11 is 0. The molecule has 0 atom stereocenters. The lowest BCUT2D eigenvalue weighted by Crippen LogP contribution is -2.30. The van der Waals surface area contributed by atoms with Gasteiger partial charge in [-0.3, -0.25) is 4.90 Å². The zero-order valence-corrected chi connectivity index (χ0v) is 16.9. The Morgan fingerprint density at radius 1 is 0.759 bits per heavy atom. The van der Waals surface area contributed by atoms with Crippen LogP contribution in [0.15, 0.2) is 72.8 Å². The zero-order chi connectivity index (χ0) is 19.5. The van der Waals surface area contributed by atoms with E-state index >= 15 is 0 Å². The maximum absolute atomic E-state index is 6.14. The number of para-hydroxylation sites is 1. The topological polar surface area (TPSA) is 15.7 Å². The van der Waals surface area contributed by atoms with Gasteiger partial charge in [-0.25, -0.2) is 0 Å². The molecule has 148 valence electrons. The van der Waals surface area contributed by atoms with Crippen molar-refractivity contribution in [1.29, 1.82) is 0 Å². The van der Waals surface area contributed by atoms with Crippen LogP contribution in [0.5, 0.6) is 5.75 Å². The molecule has 5 rings (SSSR count). The van der Waals surface area contributed by atoms with E-state index in [-0.39, 0.29) is 0 Å². The maximum atomic E-state index is 6.14. The van der Waals surface area contributed by atoms with Crippen molar-refractivity contribution in [3.63, 3.8) is 0 Å². The molecule has 3 heteroatoms. The molecule has 0 spiro atoms. The Morgan fingerprint density at radius 3 is 2.52 bits per heavy atom. The molecule has 3 nitrogen and oxygen atoms in total. The number of benzene rings is 3. The first-order chi connectivity index (χ1) is 14.3. The molecule has 0 N–H and O–H groups in total. The molecule has 2 aliphatic heterocycles. The van der Waals surface area contributed by atoms with Crippen molar-refractivity contribution < 1.29 is 4.74 Å². The minimum atomic E-state index is 0.723. The SMILES string of the molecule is c1ccc(CN2CCc3ccc(OCCN4CCc5ccccc54)cc3C2)cc1. The Kier molecular flexibility index (Phi) is 5.23. The van der Waals surface area contributed by atoms with E-state index < -0.39 is 0 Å². The molecular formula is C26H28N2O. The van der Waals surface area contributed by atoms with E-state index in [2.05, 4.69) is 82.6 Å². The van der Waals surface area contributed by atoms with E-state index in [1.807, 2.05) is 0 Å². The van der Waals surface area contributed by atoms with Crippen LogP contribution in [0.3, 0.4) is 0 Å². The molecule has 0 fully saturated rings. The number of nitrogens with zero attached hydrogens (tertiary/aromatic N) is 2. The zero-order valence-electron chi connectivity index (χ0n) is 16.9. The predicted octanol–water partition coefficient (Wildman–Crippen LogP) is 4.69. The van der Waals surface area contributed by atoms with Crippen LogP contribution in [0.1, 0.15) is 22.3 Å². The number of fused-ring (bicyclic) bond motifs is 2. The molecule has 3 aromatic carbocycles. The van der Waals surface area contributed by atoms with Crippen molar-refractivity contribution in [2.24, 2.45) is 0 Å². The van der Waals surface area contributed by atoms with Gasteiger partial charge >= 0.3 is 0 Å². The first kappa shape index (κ1) is 18.3. The molecule has 0 amide bonds. The first-order valence-electron chi connectivity index (χ1n) is 10.7. The van der Waals surface area contributed by atoms with E-state index in [0.717, 1.165) is 57.9 Å². The number of hydrogen-bond donors (Lipinski definition) is 0. The summed E-state index contributed by atoms with van der Waals surface area (Å²) in [7, 11) is 0. The molecular weight excluding hydrogens is 356 g/mol. The summed E-state index contributed by atoms with van der Waals surface area (Å²) in [6.45, 7) is 5.90. The van der Waals surface area contributed by atoms with E-state index in [0.29, 0.717) is 0 Å². The van der Waals surface area contributed by atoms with Gasteiger partial charge in [-0.15, -0.1) is 0 Å². The molecule has 0 unspecified atom stereocenters. The highest BCUT2D eigenvalue weighted by Crippen LogP contribution is 2.28. The maximum Gasteiger partial charge on any atom is 0.119 e. The lowest BCUT2D eigenvalue weighted by Gasteiger charge is -2.29. The lowest BCUT2D eigenvalue weighted by atomic mass is 9.99. The summed E-state index contributed by atoms with van der Waals surface area (Å²) in [5.74, 6) is 0.998. The van der Waals surface area contributed by atoms with Crippen LogP contribution in [-0.2, 0) is 25.9 Å². The highest BCUT2D eigenvalue weighted by molar-refractivity contribution is 5.57. The molecule has 2 aliphatic rings. The summed E-state index contributed by atoms with van der Waals surface area (Å²) in [5, 5.41) is 0. The molecule has 0 aliphatic carbocycles. The van der Waals surface area contributed by atoms with Crippen LogP contribution < -0.4 is 9.64 Å². The van der Waals surface area contributed by atoms with Crippen LogP contribution in [-0.4, -0.2) is 31.1 Å². The van der Waals surface area contributed by atoms with Crippen LogP contribution in [0.4, 0.5) is 5.69 Å². The third kappa shape index (κ3) is 4.15. The van der Waals surface area contributed by atoms with Crippen molar-refractivity contribution in [3.8, 4) is 5.75 Å². The van der Waals surface area contributed by atoms with Gasteiger partial charge < -0.3 is 9.64 Å². The fourth-order valence-corrected chi connectivity index (χ4v) is 4.57. The number of rotatable bonds is 6. The number of ether oxygens (including phenoxy) is 1. The Labute approximate surface area is 173 Å². The second-order valence-corrected chi connectivity index (χ2v) is 8.09. The molecule has 0 saturated heterocycles. The lowest BCUT2D eigenvalue weighted by molar-refractivity contribution is 0.244. The molecule has 2 heterocycles. The average molecular weight is 385 g/mol. The van der Waals surface area contributed by atoms with Crippen LogP contribution in [0, 0.1) is 0 Å². The summed E-state index contributed by atoms with van der Waals surface area (Å²) in [6, 6.07) is 26.1. The Bertz CT molecular complexity index is 969. The van der Waals surface area contributed by atoms with Gasteiger partial charge in [0.05, 0.1) is 6.54 Å². The van der Waals surface area contributed by atoms with Crippen LogP contribution in [0.25, 0.3) is 0 Å². The summed E-state index contributed by atoms with van der Waals surface area (Å²) in [5.41, 5.74) is 7.10. The van der Waals surface area contributed by atoms with Gasteiger partial charge in [-0.05, 0) is 53.3 Å². The van der Waals surface area contributed by atoms with E-state index in [1.165, 1.54) is 27.9 Å². The van der Waals surface area contributed by atoms with Gasteiger partial charge in [0, 0.05) is 31.9 Å². The van der Waals surface area contributed by atoms with Gasteiger partial charge in [-0.1, -0.05) is 54.6 Å². The van der Waals surface area contributed by atoms with Gasteiger partial charge in [0.15, 0.2) is 0 Å². The summed E-state index contributed by atoms with van der Waals surface area (Å²) in [6.07, 6.45) is 2.26. The van der Waals surface area contributed by atoms with Crippen molar-refractivity contribution in [2.75, 3.05) is 31.1 Å². The highest BCUT2D eigenvalue weighted by Gasteiger charge is 2.19. The second-order valence-electron chi connectivity index (χ2n) is 8.09. The number of hydrogen-bond acceptors (Lipinski definition) is 3. The third-order valence-corrected chi connectivity index (χ3v) is 6.13. The Balaban J connectivity index is 1.18. The van der Waals surface area contributed by atoms with Crippen LogP contribution >= 0.6 is 0 Å². The molecule has 0 saturated carbocycles. The van der Waals surface area contributed by atoms with Gasteiger partial charge in [0.1, 0.15) is 12.4 Å². The summed E-state index contributed by atoms with van der Waals surface area (Å²) < 4.78 is 6.14. The highest BCUT2D eigenvalue weighted by atomic mass is 16.5. The van der Waals surface area contributed by atoms with Crippen molar-refractivity contribution in [2.45, 2.75) is 25.9 Å². The Morgan fingerprint density at radius 2 is 1.59 bits per heavy atom. The fraction of sp³-hybridized carbons (Fsp3) is 0.308. The fourth-order valence-electron chi connectivity index (χ4n) is 4.57. The molecule has 0 radical (unpaired) electrons. The van der Waals surface area contributed by atoms with Crippen molar-refractivity contribution >= 4 is 5.69 Å². The largest absolute Gasteiger partial charge is 0.492 e. The van der Waals surface area contributed by atoms with Gasteiger partial charge in [0.25, 0.3) is 0 Å². The summed E-state index contributed by atoms with van der Waals surface area (Å²) in [4.78, 5) is 4.97. The first-order valence-corrected chi connectivity index (χ1v) is 10.7. The van der Waals surface area contributed by atoms with E-state index in [9.17, 15) is 0 Å². The normalized spacial score (nSPS) is 15.8. The second kappa shape index (κ2) is 8.30. The molecule has 29 heavy (non-hydrogen) atoms. The Hall–Kier alpha value is -2.78.